The van der Waals surface area contributed by atoms with Crippen molar-refractivity contribution >= 4 is 23.2 Å². The van der Waals surface area contributed by atoms with Crippen LogP contribution in [0.2, 0.25) is 0 Å². The molecule has 0 saturated carbocycles. The number of hydrogen-bond acceptors (Lipinski definition) is 4. The smallest absolute Gasteiger partial charge is 0.262 e. The maximum atomic E-state index is 12.0. The molecule has 0 aromatic heterocycles. The monoisotopic (exact) mass is 326 g/mol. The normalized spacial score (nSPS) is 13.5. The molecule has 24 heavy (non-hydrogen) atoms. The molecule has 0 bridgehead atoms. The number of para-hydroxylation sites is 1. The number of carbonyl (C=O) groups excluding carboxylic acids is 2. The molecule has 2 aromatic carbocycles. The lowest BCUT2D eigenvalue weighted by atomic mass is 10.2. The van der Waals surface area contributed by atoms with Gasteiger partial charge in [0.05, 0.1) is 18.7 Å². The van der Waals surface area contributed by atoms with E-state index in [4.69, 9.17) is 9.47 Å². The highest BCUT2D eigenvalue weighted by atomic mass is 16.5. The predicted octanol–water partition coefficient (Wildman–Crippen LogP) is 2.45. The van der Waals surface area contributed by atoms with Crippen molar-refractivity contribution in [3.63, 3.8) is 0 Å². The van der Waals surface area contributed by atoms with Crippen LogP contribution < -0.4 is 19.7 Å². The summed E-state index contributed by atoms with van der Waals surface area (Å²) in [4.78, 5) is 25.5. The molecule has 0 aliphatic carbocycles. The molecule has 0 unspecified atom stereocenters. The van der Waals surface area contributed by atoms with Crippen LogP contribution >= 0.6 is 0 Å². The number of rotatable bonds is 4. The fourth-order valence-electron chi connectivity index (χ4n) is 2.39. The van der Waals surface area contributed by atoms with E-state index in [0.717, 1.165) is 0 Å². The van der Waals surface area contributed by atoms with Gasteiger partial charge in [0.1, 0.15) is 11.5 Å². The molecule has 2 aromatic rings. The molecule has 1 aliphatic rings. The number of hydrogen-bond donors (Lipinski definition) is 1. The lowest BCUT2D eigenvalue weighted by Gasteiger charge is -2.17. The SMILES string of the molecule is CN1C(=O)CCOc2ccc(NC(=O)COc3ccccc3)cc21. The Kier molecular flexibility index (Phi) is 4.65. The van der Waals surface area contributed by atoms with Crippen LogP contribution in [0.1, 0.15) is 6.42 Å². The van der Waals surface area contributed by atoms with Crippen LogP contribution in [-0.4, -0.2) is 32.1 Å². The quantitative estimate of drug-likeness (QED) is 0.937. The fraction of sp³-hybridized carbons (Fsp3) is 0.222. The molecule has 0 radical (unpaired) electrons. The molecule has 0 atom stereocenters. The maximum absolute atomic E-state index is 12.0. The number of benzene rings is 2. The number of ether oxygens (including phenoxy) is 2. The Morgan fingerprint density at radius 2 is 2.04 bits per heavy atom. The van der Waals surface area contributed by atoms with E-state index in [1.54, 1.807) is 42.3 Å². The largest absolute Gasteiger partial charge is 0.491 e. The second kappa shape index (κ2) is 7.04. The first-order valence-corrected chi connectivity index (χ1v) is 7.64. The van der Waals surface area contributed by atoms with E-state index in [0.29, 0.717) is 35.9 Å². The molecule has 124 valence electrons. The molecule has 6 nitrogen and oxygen atoms in total. The lowest BCUT2D eigenvalue weighted by Crippen LogP contribution is -2.25. The second-order valence-electron chi connectivity index (χ2n) is 5.38. The minimum atomic E-state index is -0.276. The molecule has 2 amide bonds. The Morgan fingerprint density at radius 3 is 2.83 bits per heavy atom. The molecule has 0 spiro atoms. The topological polar surface area (TPSA) is 67.9 Å². The predicted molar refractivity (Wildman–Crippen MR) is 90.5 cm³/mol. The molecule has 1 heterocycles. The van der Waals surface area contributed by atoms with E-state index in [1.165, 1.54) is 0 Å². The number of fused-ring (bicyclic) bond motifs is 1. The van der Waals surface area contributed by atoms with Gasteiger partial charge in [-0.2, -0.15) is 0 Å². The van der Waals surface area contributed by atoms with E-state index >= 15 is 0 Å². The molecule has 0 saturated heterocycles. The van der Waals surface area contributed by atoms with Crippen LogP contribution in [0.5, 0.6) is 11.5 Å². The van der Waals surface area contributed by atoms with Gasteiger partial charge in [-0.1, -0.05) is 18.2 Å². The van der Waals surface area contributed by atoms with Gasteiger partial charge in [-0.05, 0) is 30.3 Å². The molecular formula is C18H18N2O4. The van der Waals surface area contributed by atoms with Crippen molar-refractivity contribution in [2.75, 3.05) is 30.5 Å². The zero-order valence-electron chi connectivity index (χ0n) is 13.3. The minimum Gasteiger partial charge on any atom is -0.491 e. The van der Waals surface area contributed by atoms with Crippen molar-refractivity contribution in [2.24, 2.45) is 0 Å². The number of amides is 2. The number of anilines is 2. The first kappa shape index (κ1) is 15.9. The van der Waals surface area contributed by atoms with E-state index in [-0.39, 0.29) is 18.4 Å². The van der Waals surface area contributed by atoms with Crippen molar-refractivity contribution in [3.8, 4) is 11.5 Å². The van der Waals surface area contributed by atoms with Crippen molar-refractivity contribution < 1.29 is 19.1 Å². The third kappa shape index (κ3) is 3.65. The van der Waals surface area contributed by atoms with Gasteiger partial charge in [0.25, 0.3) is 5.91 Å². The summed E-state index contributed by atoms with van der Waals surface area (Å²) in [6.45, 7) is 0.263. The van der Waals surface area contributed by atoms with E-state index in [2.05, 4.69) is 5.32 Å². The van der Waals surface area contributed by atoms with Crippen molar-refractivity contribution in [1.29, 1.82) is 0 Å². The van der Waals surface area contributed by atoms with Crippen molar-refractivity contribution in [2.45, 2.75) is 6.42 Å². The zero-order valence-corrected chi connectivity index (χ0v) is 13.3. The Labute approximate surface area is 140 Å². The summed E-state index contributed by atoms with van der Waals surface area (Å²) in [5.41, 5.74) is 1.22. The number of nitrogens with one attached hydrogen (secondary N) is 1. The van der Waals surface area contributed by atoms with Gasteiger partial charge in [0.2, 0.25) is 5.91 Å². The highest BCUT2D eigenvalue weighted by Crippen LogP contribution is 2.33. The van der Waals surface area contributed by atoms with Gasteiger partial charge in [-0.25, -0.2) is 0 Å². The van der Waals surface area contributed by atoms with Gasteiger partial charge in [-0.3, -0.25) is 9.59 Å². The average Bonchev–Trinajstić information content (AvgIpc) is 2.74. The average molecular weight is 326 g/mol. The van der Waals surface area contributed by atoms with Crippen molar-refractivity contribution in [3.05, 3.63) is 48.5 Å². The standard InChI is InChI=1S/C18H18N2O4/c1-20-15-11-13(7-8-16(15)23-10-9-18(20)22)19-17(21)12-24-14-5-3-2-4-6-14/h2-8,11H,9-10,12H2,1H3,(H,19,21). The molecule has 3 rings (SSSR count). The summed E-state index contributed by atoms with van der Waals surface area (Å²) in [6, 6.07) is 14.3. The number of nitrogens with zero attached hydrogens (tertiary/aromatic N) is 1. The number of carbonyl (C=O) groups is 2. The molecule has 1 aliphatic heterocycles. The van der Waals surface area contributed by atoms with Gasteiger partial charge in [-0.15, -0.1) is 0 Å². The summed E-state index contributed by atoms with van der Waals surface area (Å²) in [6.07, 6.45) is 0.331. The Bertz CT molecular complexity index is 746. The lowest BCUT2D eigenvalue weighted by molar-refractivity contribution is -0.119. The zero-order chi connectivity index (χ0) is 16.9. The van der Waals surface area contributed by atoms with Crippen LogP contribution in [0.15, 0.2) is 48.5 Å². The Balaban J connectivity index is 1.66. The van der Waals surface area contributed by atoms with Gasteiger partial charge in [0.15, 0.2) is 6.61 Å². The summed E-state index contributed by atoms with van der Waals surface area (Å²) in [7, 11) is 1.69. The minimum absolute atomic E-state index is 0.0235. The third-order valence-corrected chi connectivity index (χ3v) is 3.66. The summed E-state index contributed by atoms with van der Waals surface area (Å²) in [5.74, 6) is 0.960. The van der Waals surface area contributed by atoms with Gasteiger partial charge < -0.3 is 19.7 Å². The Hall–Kier alpha value is -3.02. The van der Waals surface area contributed by atoms with Crippen LogP contribution in [0.25, 0.3) is 0 Å². The summed E-state index contributed by atoms with van der Waals surface area (Å²) in [5, 5.41) is 2.76. The van der Waals surface area contributed by atoms with E-state index in [1.807, 2.05) is 18.2 Å². The van der Waals surface area contributed by atoms with E-state index < -0.39 is 0 Å². The first-order chi connectivity index (χ1) is 11.6. The van der Waals surface area contributed by atoms with Crippen LogP contribution in [0, 0.1) is 0 Å². The fourth-order valence-corrected chi connectivity index (χ4v) is 2.39. The van der Waals surface area contributed by atoms with Crippen molar-refractivity contribution in [1.82, 2.24) is 0 Å². The first-order valence-electron chi connectivity index (χ1n) is 7.64. The van der Waals surface area contributed by atoms with Gasteiger partial charge >= 0.3 is 0 Å². The highest BCUT2D eigenvalue weighted by Gasteiger charge is 2.20. The molecule has 6 heteroatoms. The molecular weight excluding hydrogens is 308 g/mol. The van der Waals surface area contributed by atoms with E-state index in [9.17, 15) is 9.59 Å². The Morgan fingerprint density at radius 1 is 1.25 bits per heavy atom. The van der Waals surface area contributed by atoms with Crippen LogP contribution in [0.3, 0.4) is 0 Å². The highest BCUT2D eigenvalue weighted by molar-refractivity contribution is 5.97. The molecule has 0 fully saturated rings. The maximum Gasteiger partial charge on any atom is 0.262 e. The summed E-state index contributed by atoms with van der Waals surface area (Å²) >= 11 is 0. The van der Waals surface area contributed by atoms with Gasteiger partial charge in [0, 0.05) is 12.7 Å². The molecule has 1 N–H and O–H groups in total. The second-order valence-corrected chi connectivity index (χ2v) is 5.38. The van der Waals surface area contributed by atoms with Crippen LogP contribution in [0.4, 0.5) is 11.4 Å². The third-order valence-electron chi connectivity index (χ3n) is 3.66. The van der Waals surface area contributed by atoms with Crippen LogP contribution in [-0.2, 0) is 9.59 Å². The summed E-state index contributed by atoms with van der Waals surface area (Å²) < 4.78 is 11.0.